The van der Waals surface area contributed by atoms with Crippen LogP contribution in [0.1, 0.15) is 30.3 Å². The highest BCUT2D eigenvalue weighted by atomic mass is 35.5. The van der Waals surface area contributed by atoms with Gasteiger partial charge in [-0.25, -0.2) is 8.42 Å². The second-order valence-corrected chi connectivity index (χ2v) is 9.27. The topological polar surface area (TPSA) is 119 Å². The van der Waals surface area contributed by atoms with Gasteiger partial charge >= 0.3 is 0 Å². The van der Waals surface area contributed by atoms with Gasteiger partial charge < -0.3 is 4.52 Å². The summed E-state index contributed by atoms with van der Waals surface area (Å²) in [6.07, 6.45) is 1.10. The highest BCUT2D eigenvalue weighted by Crippen LogP contribution is 2.38. The molecule has 0 N–H and O–H groups in total. The number of aromatic nitrogens is 2. The molecule has 2 heterocycles. The third kappa shape index (κ3) is 3.69. The van der Waals surface area contributed by atoms with Crippen LogP contribution in [0.4, 0.5) is 5.69 Å². The zero-order valence-corrected chi connectivity index (χ0v) is 17.4. The lowest BCUT2D eigenvalue weighted by molar-refractivity contribution is -0.384. The lowest BCUT2D eigenvalue weighted by Gasteiger charge is -2.21. The molecule has 1 aliphatic rings. The van der Waals surface area contributed by atoms with Gasteiger partial charge in [0, 0.05) is 18.2 Å². The first-order chi connectivity index (χ1) is 14.3. The second kappa shape index (κ2) is 7.78. The van der Waals surface area contributed by atoms with Crippen LogP contribution < -0.4 is 0 Å². The van der Waals surface area contributed by atoms with Gasteiger partial charge in [0.25, 0.3) is 5.69 Å². The van der Waals surface area contributed by atoms with E-state index >= 15 is 0 Å². The van der Waals surface area contributed by atoms with Crippen molar-refractivity contribution in [2.75, 3.05) is 6.54 Å². The quantitative estimate of drug-likeness (QED) is 0.425. The second-order valence-electron chi connectivity index (χ2n) is 6.97. The van der Waals surface area contributed by atoms with Crippen LogP contribution in [-0.2, 0) is 10.0 Å². The number of nitro groups is 1. The lowest BCUT2D eigenvalue weighted by atomic mass is 10.1. The van der Waals surface area contributed by atoms with E-state index in [-0.39, 0.29) is 22.4 Å². The summed E-state index contributed by atoms with van der Waals surface area (Å²) in [5.41, 5.74) is 1.34. The number of hydrogen-bond donors (Lipinski definition) is 0. The van der Waals surface area contributed by atoms with E-state index in [4.69, 9.17) is 16.1 Å². The molecule has 1 atom stereocenters. The van der Waals surface area contributed by atoms with Crippen molar-refractivity contribution in [2.45, 2.75) is 30.7 Å². The van der Waals surface area contributed by atoms with Gasteiger partial charge in [0.15, 0.2) is 0 Å². The molecule has 2 aromatic carbocycles. The summed E-state index contributed by atoms with van der Waals surface area (Å²) in [4.78, 5) is 14.6. The summed E-state index contributed by atoms with van der Waals surface area (Å²) in [5.74, 6) is 0.566. The van der Waals surface area contributed by atoms with E-state index in [1.165, 1.54) is 16.4 Å². The minimum Gasteiger partial charge on any atom is -0.337 e. The first-order valence-electron chi connectivity index (χ1n) is 9.14. The maximum absolute atomic E-state index is 13.2. The SMILES string of the molecule is Cc1cccc(-c2noc([C@H]3CCCN3S(=O)(=O)c3ccc(Cl)c([N+](=O)[O-])c3)n2)c1. The van der Waals surface area contributed by atoms with Crippen molar-refractivity contribution in [3.05, 3.63) is 69.1 Å². The fourth-order valence-electron chi connectivity index (χ4n) is 3.47. The van der Waals surface area contributed by atoms with Crippen molar-refractivity contribution in [1.29, 1.82) is 0 Å². The van der Waals surface area contributed by atoms with Gasteiger partial charge in [-0.15, -0.1) is 0 Å². The van der Waals surface area contributed by atoms with Crippen LogP contribution in [0.15, 0.2) is 51.9 Å². The van der Waals surface area contributed by atoms with Gasteiger partial charge in [0.05, 0.1) is 9.82 Å². The number of nitro benzene ring substituents is 1. The van der Waals surface area contributed by atoms with Gasteiger partial charge in [0.1, 0.15) is 11.1 Å². The molecule has 11 heteroatoms. The highest BCUT2D eigenvalue weighted by Gasteiger charge is 2.40. The standard InChI is InChI=1S/C19H17ClN4O5S/c1-12-4-2-5-13(10-12)18-21-19(29-22-18)16-6-3-9-23(16)30(27,28)14-7-8-15(20)17(11-14)24(25)26/h2,4-5,7-8,10-11,16H,3,6,9H2,1H3/t16-/m1/s1. The largest absolute Gasteiger partial charge is 0.337 e. The van der Waals surface area contributed by atoms with E-state index in [2.05, 4.69) is 10.1 Å². The molecule has 0 spiro atoms. The van der Waals surface area contributed by atoms with Crippen molar-refractivity contribution in [3.63, 3.8) is 0 Å². The van der Waals surface area contributed by atoms with E-state index in [9.17, 15) is 18.5 Å². The fraction of sp³-hybridized carbons (Fsp3) is 0.263. The first-order valence-corrected chi connectivity index (χ1v) is 11.0. The van der Waals surface area contributed by atoms with Crippen LogP contribution in [0.5, 0.6) is 0 Å². The number of rotatable bonds is 5. The first kappa shape index (κ1) is 20.5. The minimum absolute atomic E-state index is 0.128. The smallest absolute Gasteiger partial charge is 0.289 e. The van der Waals surface area contributed by atoms with Gasteiger partial charge in [-0.1, -0.05) is 40.5 Å². The predicted molar refractivity (Wildman–Crippen MR) is 108 cm³/mol. The molecule has 1 fully saturated rings. The Labute approximate surface area is 177 Å². The monoisotopic (exact) mass is 448 g/mol. The number of nitrogens with zero attached hydrogens (tertiary/aromatic N) is 4. The molecule has 156 valence electrons. The minimum atomic E-state index is -4.03. The maximum atomic E-state index is 13.2. The zero-order valence-electron chi connectivity index (χ0n) is 15.9. The number of benzene rings is 2. The third-order valence-electron chi connectivity index (χ3n) is 4.93. The van der Waals surface area contributed by atoms with Gasteiger partial charge in [0.2, 0.25) is 21.7 Å². The summed E-state index contributed by atoms with van der Waals surface area (Å²) < 4.78 is 33.0. The van der Waals surface area contributed by atoms with Crippen molar-refractivity contribution >= 4 is 27.3 Å². The van der Waals surface area contributed by atoms with Crippen molar-refractivity contribution in [1.82, 2.24) is 14.4 Å². The van der Waals surface area contributed by atoms with Gasteiger partial charge in [-0.05, 0) is 38.0 Å². The molecule has 4 rings (SSSR count). The van der Waals surface area contributed by atoms with E-state index in [0.29, 0.717) is 18.7 Å². The van der Waals surface area contributed by atoms with Crippen molar-refractivity contribution in [3.8, 4) is 11.4 Å². The Morgan fingerprint density at radius 2 is 2.07 bits per heavy atom. The lowest BCUT2D eigenvalue weighted by Crippen LogP contribution is -2.31. The van der Waals surface area contributed by atoms with E-state index in [1.54, 1.807) is 0 Å². The maximum Gasteiger partial charge on any atom is 0.289 e. The van der Waals surface area contributed by atoms with Gasteiger partial charge in [-0.2, -0.15) is 9.29 Å². The average molecular weight is 449 g/mol. The summed E-state index contributed by atoms with van der Waals surface area (Å²) >= 11 is 5.81. The Balaban J connectivity index is 1.67. The Kier molecular flexibility index (Phi) is 5.31. The molecule has 3 aromatic rings. The molecule has 0 radical (unpaired) electrons. The fourth-order valence-corrected chi connectivity index (χ4v) is 5.33. The van der Waals surface area contributed by atoms with Crippen LogP contribution in [0, 0.1) is 17.0 Å². The molecule has 1 aromatic heterocycles. The van der Waals surface area contributed by atoms with Crippen LogP contribution in [-0.4, -0.2) is 34.3 Å². The van der Waals surface area contributed by atoms with Crippen molar-refractivity contribution in [2.24, 2.45) is 0 Å². The number of hydrogen-bond acceptors (Lipinski definition) is 7. The third-order valence-corrected chi connectivity index (χ3v) is 7.15. The van der Waals surface area contributed by atoms with E-state index in [1.807, 2.05) is 31.2 Å². The Hall–Kier alpha value is -2.82. The normalized spacial score (nSPS) is 17.3. The molecule has 1 aliphatic heterocycles. The van der Waals surface area contributed by atoms with Crippen molar-refractivity contribution < 1.29 is 17.9 Å². The van der Waals surface area contributed by atoms with E-state index in [0.717, 1.165) is 17.2 Å². The molecule has 0 saturated carbocycles. The summed E-state index contributed by atoms with van der Waals surface area (Å²) in [6.45, 7) is 2.19. The Morgan fingerprint density at radius 1 is 1.27 bits per heavy atom. The summed E-state index contributed by atoms with van der Waals surface area (Å²) in [6, 6.07) is 10.4. The molecule has 0 unspecified atom stereocenters. The average Bonchev–Trinajstić information content (AvgIpc) is 3.37. The number of aryl methyl sites for hydroxylation is 1. The predicted octanol–water partition coefficient (Wildman–Crippen LogP) is 4.13. The number of sulfonamides is 1. The highest BCUT2D eigenvalue weighted by molar-refractivity contribution is 7.89. The molecule has 0 amide bonds. The van der Waals surface area contributed by atoms with Crippen LogP contribution in [0.3, 0.4) is 0 Å². The Bertz CT molecular complexity index is 1230. The van der Waals surface area contributed by atoms with Gasteiger partial charge in [-0.3, -0.25) is 10.1 Å². The Morgan fingerprint density at radius 3 is 2.80 bits per heavy atom. The molecule has 1 saturated heterocycles. The molecule has 9 nitrogen and oxygen atoms in total. The molecule has 0 aliphatic carbocycles. The molecule has 30 heavy (non-hydrogen) atoms. The van der Waals surface area contributed by atoms with Crippen LogP contribution >= 0.6 is 11.6 Å². The van der Waals surface area contributed by atoms with E-state index < -0.39 is 26.7 Å². The number of halogens is 1. The molecule has 0 bridgehead atoms. The summed E-state index contributed by atoms with van der Waals surface area (Å²) in [5, 5.41) is 15.0. The van der Waals surface area contributed by atoms with Crippen LogP contribution in [0.2, 0.25) is 5.02 Å². The van der Waals surface area contributed by atoms with Crippen LogP contribution in [0.25, 0.3) is 11.4 Å². The molecular formula is C19H17ClN4O5S. The summed E-state index contributed by atoms with van der Waals surface area (Å²) in [7, 11) is -4.03. The molecular weight excluding hydrogens is 432 g/mol. The zero-order chi connectivity index (χ0) is 21.5.